The summed E-state index contributed by atoms with van der Waals surface area (Å²) < 4.78 is 5.80. The molecule has 12 heavy (non-hydrogen) atoms. The van der Waals surface area contributed by atoms with Crippen LogP contribution in [0.15, 0.2) is 0 Å². The van der Waals surface area contributed by atoms with E-state index in [2.05, 4.69) is 6.92 Å². The van der Waals surface area contributed by atoms with E-state index in [0.29, 0.717) is 11.9 Å². The van der Waals surface area contributed by atoms with E-state index in [1.54, 1.807) is 0 Å². The van der Waals surface area contributed by atoms with E-state index in [1.807, 2.05) is 0 Å². The van der Waals surface area contributed by atoms with Crippen molar-refractivity contribution in [3.8, 4) is 0 Å². The van der Waals surface area contributed by atoms with Crippen LogP contribution in [0.4, 0.5) is 0 Å². The van der Waals surface area contributed by atoms with E-state index in [1.165, 1.54) is 0 Å². The maximum absolute atomic E-state index is 11.6. The minimum Gasteiger partial charge on any atom is -0.364 e. The molecular formula is C10H16O2. The third-order valence-electron chi connectivity index (χ3n) is 3.11. The summed E-state index contributed by atoms with van der Waals surface area (Å²) in [6.07, 6.45) is 6.29. The van der Waals surface area contributed by atoms with Gasteiger partial charge in [0.05, 0.1) is 6.10 Å². The number of hydrogen-bond acceptors (Lipinski definition) is 2. The number of ketones is 1. The summed E-state index contributed by atoms with van der Waals surface area (Å²) in [7, 11) is 0. The Labute approximate surface area is 73.3 Å². The molecule has 0 bridgehead atoms. The highest BCUT2D eigenvalue weighted by Gasteiger charge is 2.45. The first-order valence-corrected chi connectivity index (χ1v) is 4.94. The maximum Gasteiger partial charge on any atom is 0.164 e. The van der Waals surface area contributed by atoms with Gasteiger partial charge in [-0.05, 0) is 39.0 Å². The third-order valence-corrected chi connectivity index (χ3v) is 3.11. The van der Waals surface area contributed by atoms with Crippen molar-refractivity contribution >= 4 is 5.78 Å². The Bertz CT molecular complexity index is 200. The zero-order valence-electron chi connectivity index (χ0n) is 7.64. The molecule has 2 fully saturated rings. The molecule has 0 unspecified atom stereocenters. The van der Waals surface area contributed by atoms with Gasteiger partial charge in [0.15, 0.2) is 5.78 Å². The quantitative estimate of drug-likeness (QED) is 0.553. The zero-order valence-corrected chi connectivity index (χ0v) is 7.64. The fourth-order valence-corrected chi connectivity index (χ4v) is 2.47. The van der Waals surface area contributed by atoms with E-state index in [0.717, 1.165) is 38.5 Å². The van der Waals surface area contributed by atoms with Crippen LogP contribution in [-0.4, -0.2) is 17.5 Å². The molecule has 1 heterocycles. The largest absolute Gasteiger partial charge is 0.364 e. The van der Waals surface area contributed by atoms with Crippen LogP contribution in [-0.2, 0) is 9.53 Å². The van der Waals surface area contributed by atoms with Gasteiger partial charge in [-0.15, -0.1) is 0 Å². The van der Waals surface area contributed by atoms with Gasteiger partial charge in [-0.3, -0.25) is 4.79 Å². The van der Waals surface area contributed by atoms with Gasteiger partial charge in [0.2, 0.25) is 0 Å². The molecule has 0 amide bonds. The third kappa shape index (κ3) is 1.18. The average molecular weight is 168 g/mol. The molecule has 2 nitrogen and oxygen atoms in total. The highest BCUT2D eigenvalue weighted by atomic mass is 16.5. The number of rotatable bonds is 0. The smallest absolute Gasteiger partial charge is 0.164 e. The molecular weight excluding hydrogens is 152 g/mol. The molecule has 1 saturated carbocycles. The topological polar surface area (TPSA) is 26.3 Å². The number of Topliss-reactive ketones (excluding diaryl/α,β-unsaturated/α-hetero) is 1. The van der Waals surface area contributed by atoms with Crippen LogP contribution < -0.4 is 0 Å². The minimum atomic E-state index is -0.336. The molecule has 2 heteroatoms. The van der Waals surface area contributed by atoms with Gasteiger partial charge in [-0.1, -0.05) is 0 Å². The van der Waals surface area contributed by atoms with Crippen molar-refractivity contribution in [2.24, 2.45) is 0 Å². The molecule has 0 aromatic rings. The fourth-order valence-electron chi connectivity index (χ4n) is 2.47. The van der Waals surface area contributed by atoms with Crippen LogP contribution in [0.5, 0.6) is 0 Å². The first kappa shape index (κ1) is 8.24. The van der Waals surface area contributed by atoms with Gasteiger partial charge in [-0.2, -0.15) is 0 Å². The van der Waals surface area contributed by atoms with Gasteiger partial charge in [0.1, 0.15) is 5.60 Å². The standard InChI is InChI=1S/C10H16O2/c1-8-4-2-6-10(12-8)7-3-5-9(10)11/h8H,2-7H2,1H3/t8-,10-/m0/s1. The Morgan fingerprint density at radius 1 is 1.42 bits per heavy atom. The van der Waals surface area contributed by atoms with E-state index < -0.39 is 0 Å². The summed E-state index contributed by atoms with van der Waals surface area (Å²) in [4.78, 5) is 11.6. The number of carbonyl (C=O) groups is 1. The van der Waals surface area contributed by atoms with Gasteiger partial charge >= 0.3 is 0 Å². The van der Waals surface area contributed by atoms with Gasteiger partial charge in [0, 0.05) is 6.42 Å². The number of ether oxygens (including phenoxy) is 1. The van der Waals surface area contributed by atoms with Crippen molar-refractivity contribution in [1.29, 1.82) is 0 Å². The van der Waals surface area contributed by atoms with Crippen LogP contribution in [0.25, 0.3) is 0 Å². The zero-order chi connectivity index (χ0) is 8.60. The van der Waals surface area contributed by atoms with Crippen LogP contribution in [0.3, 0.4) is 0 Å². The second kappa shape index (κ2) is 2.84. The van der Waals surface area contributed by atoms with Crippen molar-refractivity contribution in [2.45, 2.75) is 57.2 Å². The molecule has 0 aromatic carbocycles. The summed E-state index contributed by atoms with van der Waals surface area (Å²) >= 11 is 0. The fraction of sp³-hybridized carbons (Fsp3) is 0.900. The Morgan fingerprint density at radius 3 is 2.75 bits per heavy atom. The highest BCUT2D eigenvalue weighted by Crippen LogP contribution is 2.39. The lowest BCUT2D eigenvalue weighted by atomic mass is 9.89. The Kier molecular flexibility index (Phi) is 1.95. The number of carbonyl (C=O) groups excluding carboxylic acids is 1. The van der Waals surface area contributed by atoms with E-state index in [-0.39, 0.29) is 5.60 Å². The van der Waals surface area contributed by atoms with Crippen LogP contribution in [0, 0.1) is 0 Å². The van der Waals surface area contributed by atoms with Crippen molar-refractivity contribution in [3.05, 3.63) is 0 Å². The van der Waals surface area contributed by atoms with Gasteiger partial charge in [0.25, 0.3) is 0 Å². The van der Waals surface area contributed by atoms with E-state index >= 15 is 0 Å². The maximum atomic E-state index is 11.6. The summed E-state index contributed by atoms with van der Waals surface area (Å²) in [5.41, 5.74) is -0.336. The molecule has 1 saturated heterocycles. The monoisotopic (exact) mass is 168 g/mol. The van der Waals surface area contributed by atoms with Crippen molar-refractivity contribution < 1.29 is 9.53 Å². The lowest BCUT2D eigenvalue weighted by Crippen LogP contribution is -2.43. The van der Waals surface area contributed by atoms with Gasteiger partial charge in [-0.25, -0.2) is 0 Å². The average Bonchev–Trinajstić information content (AvgIpc) is 2.33. The molecule has 68 valence electrons. The van der Waals surface area contributed by atoms with Crippen LogP contribution in [0.1, 0.15) is 45.4 Å². The Balaban J connectivity index is 2.13. The first-order chi connectivity index (χ1) is 5.73. The summed E-state index contributed by atoms with van der Waals surface area (Å²) in [6.45, 7) is 2.08. The molecule has 1 spiro atoms. The Hall–Kier alpha value is -0.370. The van der Waals surface area contributed by atoms with E-state index in [4.69, 9.17) is 4.74 Å². The molecule has 0 N–H and O–H groups in total. The second-order valence-electron chi connectivity index (χ2n) is 4.09. The first-order valence-electron chi connectivity index (χ1n) is 4.94. The molecule has 2 aliphatic rings. The Morgan fingerprint density at radius 2 is 2.17 bits per heavy atom. The molecule has 1 aliphatic heterocycles. The molecule has 2 rings (SSSR count). The summed E-state index contributed by atoms with van der Waals surface area (Å²) in [5, 5.41) is 0. The van der Waals surface area contributed by atoms with E-state index in [9.17, 15) is 4.79 Å². The normalized spacial score (nSPS) is 42.4. The number of hydrogen-bond donors (Lipinski definition) is 0. The van der Waals surface area contributed by atoms with Gasteiger partial charge < -0.3 is 4.74 Å². The summed E-state index contributed by atoms with van der Waals surface area (Å²) in [6, 6.07) is 0. The molecule has 0 aromatic heterocycles. The van der Waals surface area contributed by atoms with Crippen molar-refractivity contribution in [2.75, 3.05) is 0 Å². The SMILES string of the molecule is C[C@H]1CCC[C@@]2(CCCC2=O)O1. The molecule has 0 radical (unpaired) electrons. The highest BCUT2D eigenvalue weighted by molar-refractivity contribution is 5.89. The predicted molar refractivity (Wildman–Crippen MR) is 46.0 cm³/mol. The molecule has 1 aliphatic carbocycles. The minimum absolute atomic E-state index is 0.292. The molecule has 2 atom stereocenters. The summed E-state index contributed by atoms with van der Waals surface area (Å²) in [5.74, 6) is 0.356. The lowest BCUT2D eigenvalue weighted by Gasteiger charge is -2.35. The predicted octanol–water partition coefficient (Wildman–Crippen LogP) is 2.07. The lowest BCUT2D eigenvalue weighted by molar-refractivity contribution is -0.156. The van der Waals surface area contributed by atoms with Crippen molar-refractivity contribution in [3.63, 3.8) is 0 Å². The van der Waals surface area contributed by atoms with Crippen molar-refractivity contribution in [1.82, 2.24) is 0 Å². The van der Waals surface area contributed by atoms with Crippen LogP contribution in [0.2, 0.25) is 0 Å². The van der Waals surface area contributed by atoms with Crippen LogP contribution >= 0.6 is 0 Å². The second-order valence-corrected chi connectivity index (χ2v) is 4.09.